The monoisotopic (exact) mass is 434 g/mol. The van der Waals surface area contributed by atoms with E-state index in [0.717, 1.165) is 62.1 Å². The standard InChI is InChI=1S/C25H34N6O/c1-2-3-16-32-25-29-22-19(20(17-26)28-23(22)24(27)30-25)12-5-4-8-14-31-15-9-11-18-10-6-7-13-21(18)31/h6-7,13,18,28H,2-5,8-12,14-16H2,1H3,(H2,27,29,30). The first-order valence-corrected chi connectivity index (χ1v) is 12.0. The van der Waals surface area contributed by atoms with Crippen molar-refractivity contribution < 1.29 is 4.74 Å². The van der Waals surface area contributed by atoms with E-state index >= 15 is 0 Å². The SMILES string of the molecule is CCCCOc1nc(N)c2[nH]c(C#N)c(CCCCCN3CCCC4CC=CC=C43)c2n1. The van der Waals surface area contributed by atoms with Gasteiger partial charge in [-0.05, 0) is 51.0 Å². The Hall–Kier alpha value is -3.01. The minimum Gasteiger partial charge on any atom is -0.463 e. The lowest BCUT2D eigenvalue weighted by Crippen LogP contribution is -2.34. The van der Waals surface area contributed by atoms with Crippen LogP contribution in [0.4, 0.5) is 5.82 Å². The van der Waals surface area contributed by atoms with E-state index in [1.807, 2.05) is 0 Å². The Morgan fingerprint density at radius 2 is 2.19 bits per heavy atom. The van der Waals surface area contributed by atoms with Gasteiger partial charge in [0, 0.05) is 30.3 Å². The van der Waals surface area contributed by atoms with Crippen LogP contribution in [0, 0.1) is 17.2 Å². The molecule has 1 unspecified atom stereocenters. The topological polar surface area (TPSA) is 104 Å². The summed E-state index contributed by atoms with van der Waals surface area (Å²) in [6.07, 6.45) is 16.7. The van der Waals surface area contributed by atoms with Crippen molar-refractivity contribution in [2.45, 2.75) is 64.7 Å². The van der Waals surface area contributed by atoms with E-state index in [-0.39, 0.29) is 0 Å². The molecule has 3 heterocycles. The number of aryl methyl sites for hydroxylation is 1. The van der Waals surface area contributed by atoms with Crippen LogP contribution in [-0.2, 0) is 6.42 Å². The maximum Gasteiger partial charge on any atom is 0.319 e. The van der Waals surface area contributed by atoms with E-state index in [1.165, 1.54) is 31.5 Å². The molecule has 0 bridgehead atoms. The zero-order valence-corrected chi connectivity index (χ0v) is 19.1. The van der Waals surface area contributed by atoms with Crippen molar-refractivity contribution in [1.29, 1.82) is 5.26 Å². The average molecular weight is 435 g/mol. The molecule has 0 saturated carbocycles. The Kier molecular flexibility index (Phi) is 7.31. The first-order chi connectivity index (χ1) is 15.7. The van der Waals surface area contributed by atoms with Crippen molar-refractivity contribution in [2.75, 3.05) is 25.4 Å². The van der Waals surface area contributed by atoms with Crippen LogP contribution in [-0.4, -0.2) is 39.5 Å². The Labute approximate surface area is 190 Å². The number of nitrogen functional groups attached to an aromatic ring is 1. The number of nitrogens with two attached hydrogens (primary N) is 1. The van der Waals surface area contributed by atoms with Gasteiger partial charge in [-0.3, -0.25) is 0 Å². The number of hydrogen-bond acceptors (Lipinski definition) is 6. The number of anilines is 1. The molecule has 1 aliphatic heterocycles. The Bertz CT molecular complexity index is 1030. The van der Waals surface area contributed by atoms with E-state index in [2.05, 4.69) is 51.1 Å². The smallest absolute Gasteiger partial charge is 0.319 e. The summed E-state index contributed by atoms with van der Waals surface area (Å²) in [6, 6.07) is 2.56. The van der Waals surface area contributed by atoms with Crippen molar-refractivity contribution in [3.05, 3.63) is 35.2 Å². The molecule has 0 aromatic carbocycles. The van der Waals surface area contributed by atoms with E-state index in [0.29, 0.717) is 29.6 Å². The molecule has 2 aromatic rings. The van der Waals surface area contributed by atoms with Gasteiger partial charge in [0.25, 0.3) is 0 Å². The number of likely N-dealkylation sites (tertiary alicyclic amines) is 1. The average Bonchev–Trinajstić information content (AvgIpc) is 3.17. The third-order valence-electron chi connectivity index (χ3n) is 6.54. The number of nitrogens with one attached hydrogen (secondary N) is 1. The van der Waals surface area contributed by atoms with Crippen LogP contribution in [0.15, 0.2) is 23.9 Å². The van der Waals surface area contributed by atoms with Gasteiger partial charge in [-0.25, -0.2) is 0 Å². The van der Waals surface area contributed by atoms with Gasteiger partial charge in [0.2, 0.25) is 0 Å². The van der Waals surface area contributed by atoms with Crippen molar-refractivity contribution in [3.63, 3.8) is 0 Å². The third kappa shape index (κ3) is 4.90. The van der Waals surface area contributed by atoms with Crippen molar-refractivity contribution in [2.24, 2.45) is 5.92 Å². The number of fused-ring (bicyclic) bond motifs is 2. The number of H-pyrrole nitrogens is 1. The van der Waals surface area contributed by atoms with Crippen LogP contribution in [0.25, 0.3) is 11.0 Å². The van der Waals surface area contributed by atoms with Gasteiger partial charge in [-0.2, -0.15) is 15.2 Å². The molecule has 7 heteroatoms. The first-order valence-electron chi connectivity index (χ1n) is 12.0. The highest BCUT2D eigenvalue weighted by atomic mass is 16.5. The van der Waals surface area contributed by atoms with Gasteiger partial charge in [0.05, 0.1) is 6.61 Å². The molecule has 3 N–H and O–H groups in total. The molecule has 170 valence electrons. The molecule has 2 aliphatic rings. The normalized spacial score (nSPS) is 17.8. The molecular weight excluding hydrogens is 400 g/mol. The van der Waals surface area contributed by atoms with E-state index < -0.39 is 0 Å². The van der Waals surface area contributed by atoms with Gasteiger partial charge in [0.15, 0.2) is 5.82 Å². The molecule has 2 aromatic heterocycles. The van der Waals surface area contributed by atoms with Crippen LogP contribution in [0.2, 0.25) is 0 Å². The zero-order valence-electron chi connectivity index (χ0n) is 19.1. The number of nitriles is 1. The minimum atomic E-state index is 0.294. The second-order valence-corrected chi connectivity index (χ2v) is 8.80. The number of nitrogens with zero attached hydrogens (tertiary/aromatic N) is 4. The summed E-state index contributed by atoms with van der Waals surface area (Å²) in [5.41, 5.74) is 10.5. The number of unbranched alkanes of at least 4 members (excludes halogenated alkanes) is 3. The highest BCUT2D eigenvalue weighted by Crippen LogP contribution is 2.33. The van der Waals surface area contributed by atoms with Gasteiger partial charge in [-0.1, -0.05) is 31.9 Å². The lowest BCUT2D eigenvalue weighted by atomic mass is 9.88. The summed E-state index contributed by atoms with van der Waals surface area (Å²) >= 11 is 0. The highest BCUT2D eigenvalue weighted by molar-refractivity contribution is 5.89. The van der Waals surface area contributed by atoms with Gasteiger partial charge < -0.3 is 20.4 Å². The maximum atomic E-state index is 9.62. The van der Waals surface area contributed by atoms with Crippen LogP contribution in [0.3, 0.4) is 0 Å². The zero-order chi connectivity index (χ0) is 22.3. The summed E-state index contributed by atoms with van der Waals surface area (Å²) < 4.78 is 5.67. The number of ether oxygens (including phenoxy) is 1. The maximum absolute atomic E-state index is 9.62. The summed E-state index contributed by atoms with van der Waals surface area (Å²) in [5, 5.41) is 9.62. The quantitative estimate of drug-likeness (QED) is 0.518. The molecule has 0 radical (unpaired) electrons. The van der Waals surface area contributed by atoms with E-state index in [1.54, 1.807) is 0 Å². The Morgan fingerprint density at radius 3 is 3.03 bits per heavy atom. The third-order valence-corrected chi connectivity index (χ3v) is 6.54. The Morgan fingerprint density at radius 1 is 1.28 bits per heavy atom. The summed E-state index contributed by atoms with van der Waals surface area (Å²) in [6.45, 7) is 4.96. The van der Waals surface area contributed by atoms with Crippen LogP contribution < -0.4 is 10.5 Å². The molecule has 0 spiro atoms. The Balaban J connectivity index is 1.36. The molecule has 1 fully saturated rings. The lowest BCUT2D eigenvalue weighted by molar-refractivity contribution is 0.236. The molecule has 32 heavy (non-hydrogen) atoms. The number of piperidine rings is 1. The lowest BCUT2D eigenvalue weighted by Gasteiger charge is -2.38. The second kappa shape index (κ2) is 10.5. The first kappa shape index (κ1) is 22.2. The van der Waals surface area contributed by atoms with E-state index in [4.69, 9.17) is 10.5 Å². The fraction of sp³-hybridized carbons (Fsp3) is 0.560. The summed E-state index contributed by atoms with van der Waals surface area (Å²) in [7, 11) is 0. The number of aromatic nitrogens is 3. The van der Waals surface area contributed by atoms with Gasteiger partial charge in [-0.15, -0.1) is 0 Å². The second-order valence-electron chi connectivity index (χ2n) is 8.80. The molecule has 1 atom stereocenters. The minimum absolute atomic E-state index is 0.294. The fourth-order valence-electron chi connectivity index (χ4n) is 4.80. The van der Waals surface area contributed by atoms with Gasteiger partial charge in [0.1, 0.15) is 22.8 Å². The largest absolute Gasteiger partial charge is 0.463 e. The molecule has 1 aliphatic carbocycles. The molecule has 7 nitrogen and oxygen atoms in total. The summed E-state index contributed by atoms with van der Waals surface area (Å²) in [4.78, 5) is 14.5. The molecular formula is C25H34N6O. The number of allylic oxidation sites excluding steroid dienone is 4. The van der Waals surface area contributed by atoms with Gasteiger partial charge >= 0.3 is 6.01 Å². The number of hydrogen-bond donors (Lipinski definition) is 2. The summed E-state index contributed by atoms with van der Waals surface area (Å²) in [5.74, 6) is 1.05. The molecule has 1 saturated heterocycles. The van der Waals surface area contributed by atoms with Crippen molar-refractivity contribution in [1.82, 2.24) is 19.9 Å². The van der Waals surface area contributed by atoms with E-state index in [9.17, 15) is 5.26 Å². The number of rotatable bonds is 10. The van der Waals surface area contributed by atoms with Crippen LogP contribution in [0.5, 0.6) is 6.01 Å². The highest BCUT2D eigenvalue weighted by Gasteiger charge is 2.24. The van der Waals surface area contributed by atoms with Crippen LogP contribution in [0.1, 0.15) is 69.5 Å². The number of aromatic amines is 1. The van der Waals surface area contributed by atoms with Crippen LogP contribution >= 0.6 is 0 Å². The molecule has 4 rings (SSSR count). The molecule has 0 amide bonds. The van der Waals surface area contributed by atoms with Crippen molar-refractivity contribution >= 4 is 16.9 Å². The predicted molar refractivity (Wildman–Crippen MR) is 127 cm³/mol. The predicted octanol–water partition coefficient (Wildman–Crippen LogP) is 4.86. The van der Waals surface area contributed by atoms with Crippen molar-refractivity contribution in [3.8, 4) is 12.1 Å². The fourth-order valence-corrected chi connectivity index (χ4v) is 4.80.